The summed E-state index contributed by atoms with van der Waals surface area (Å²) in [5.41, 5.74) is 9.37. The van der Waals surface area contributed by atoms with Crippen molar-refractivity contribution in [3.63, 3.8) is 0 Å². The molecule has 0 saturated heterocycles. The number of nitrogens with two attached hydrogens (primary N) is 1. The number of ether oxygens (including phenoxy) is 1. The lowest BCUT2D eigenvalue weighted by molar-refractivity contribution is 0.0733. The highest BCUT2D eigenvalue weighted by Crippen LogP contribution is 2.30. The molecule has 0 atom stereocenters. The maximum absolute atomic E-state index is 13.2. The number of anilines is 1. The van der Waals surface area contributed by atoms with Crippen LogP contribution >= 0.6 is 0 Å². The summed E-state index contributed by atoms with van der Waals surface area (Å²) in [6.45, 7) is 1.51. The lowest BCUT2D eigenvalue weighted by Gasteiger charge is -2.20. The average Bonchev–Trinajstić information content (AvgIpc) is 3.00. The van der Waals surface area contributed by atoms with Gasteiger partial charge in [0, 0.05) is 29.4 Å². The van der Waals surface area contributed by atoms with E-state index in [1.54, 1.807) is 12.3 Å². The van der Waals surface area contributed by atoms with E-state index >= 15 is 0 Å². The largest absolute Gasteiger partial charge is 0.491 e. The first-order chi connectivity index (χ1) is 14.7. The number of nitrogen functional groups attached to an aromatic ring is 1. The van der Waals surface area contributed by atoms with Crippen LogP contribution in [0.3, 0.4) is 0 Å². The predicted molar refractivity (Wildman–Crippen MR) is 118 cm³/mol. The Morgan fingerprint density at radius 3 is 2.60 bits per heavy atom. The molecule has 1 amide bonds. The quantitative estimate of drug-likeness (QED) is 0.542. The molecule has 5 rings (SSSR count). The summed E-state index contributed by atoms with van der Waals surface area (Å²) in [4.78, 5) is 19.3. The minimum Gasteiger partial charge on any atom is -0.491 e. The van der Waals surface area contributed by atoms with Crippen LogP contribution in [-0.2, 0) is 6.54 Å². The van der Waals surface area contributed by atoms with Crippen LogP contribution in [0.2, 0.25) is 0 Å². The number of carbonyl (C=O) groups excluding carboxylic acids is 1. The van der Waals surface area contributed by atoms with Gasteiger partial charge in [-0.15, -0.1) is 0 Å². The standard InChI is InChI=1S/C25H21N3O2/c26-24-10-8-21(15-27-24)19-7-9-23-22(14-19)16-28(11-12-30-23)25(29)20-6-5-17-3-1-2-4-18(17)13-20/h1-10,13-15H,11-12,16H2,(H2,26,27). The van der Waals surface area contributed by atoms with Crippen LogP contribution in [0.4, 0.5) is 5.82 Å². The van der Waals surface area contributed by atoms with E-state index in [2.05, 4.69) is 11.1 Å². The molecule has 5 nitrogen and oxygen atoms in total. The van der Waals surface area contributed by atoms with Gasteiger partial charge in [-0.05, 0) is 52.7 Å². The molecule has 0 unspecified atom stereocenters. The number of rotatable bonds is 2. The molecule has 2 N–H and O–H groups in total. The average molecular weight is 395 g/mol. The Morgan fingerprint density at radius 1 is 0.933 bits per heavy atom. The molecule has 148 valence electrons. The molecule has 0 spiro atoms. The summed E-state index contributed by atoms with van der Waals surface area (Å²) in [6.07, 6.45) is 1.76. The van der Waals surface area contributed by atoms with Crippen LogP contribution in [0, 0.1) is 0 Å². The first kappa shape index (κ1) is 18.2. The van der Waals surface area contributed by atoms with Crippen molar-refractivity contribution >= 4 is 22.5 Å². The van der Waals surface area contributed by atoms with Gasteiger partial charge in [0.1, 0.15) is 18.2 Å². The summed E-state index contributed by atoms with van der Waals surface area (Å²) in [7, 11) is 0. The number of aromatic nitrogens is 1. The molecule has 0 bridgehead atoms. The smallest absolute Gasteiger partial charge is 0.254 e. The molecule has 1 aliphatic heterocycles. The Bertz CT molecular complexity index is 1230. The van der Waals surface area contributed by atoms with E-state index in [4.69, 9.17) is 10.5 Å². The minimum absolute atomic E-state index is 0.0109. The fourth-order valence-corrected chi connectivity index (χ4v) is 3.83. The second-order valence-electron chi connectivity index (χ2n) is 7.43. The van der Waals surface area contributed by atoms with Crippen LogP contribution in [0.25, 0.3) is 21.9 Å². The highest BCUT2D eigenvalue weighted by Gasteiger charge is 2.21. The third kappa shape index (κ3) is 3.46. The first-order valence-electron chi connectivity index (χ1n) is 9.93. The Labute approximate surface area is 174 Å². The summed E-state index contributed by atoms with van der Waals surface area (Å²) in [6, 6.07) is 23.7. The van der Waals surface area contributed by atoms with E-state index in [0.717, 1.165) is 33.2 Å². The highest BCUT2D eigenvalue weighted by atomic mass is 16.5. The van der Waals surface area contributed by atoms with E-state index < -0.39 is 0 Å². The zero-order chi connectivity index (χ0) is 20.5. The van der Waals surface area contributed by atoms with Crippen molar-refractivity contribution in [3.8, 4) is 16.9 Å². The van der Waals surface area contributed by atoms with Crippen molar-refractivity contribution in [2.24, 2.45) is 0 Å². The second-order valence-corrected chi connectivity index (χ2v) is 7.43. The Morgan fingerprint density at radius 2 is 1.77 bits per heavy atom. The predicted octanol–water partition coefficient (Wildman–Crippen LogP) is 4.52. The number of amides is 1. The van der Waals surface area contributed by atoms with Gasteiger partial charge in [0.2, 0.25) is 0 Å². The molecule has 0 saturated carbocycles. The number of hydrogen-bond acceptors (Lipinski definition) is 4. The van der Waals surface area contributed by atoms with Crippen molar-refractivity contribution in [3.05, 3.63) is 90.1 Å². The number of nitrogens with zero attached hydrogens (tertiary/aromatic N) is 2. The van der Waals surface area contributed by atoms with Gasteiger partial charge in [-0.2, -0.15) is 0 Å². The Kier molecular flexibility index (Phi) is 4.56. The molecule has 30 heavy (non-hydrogen) atoms. The van der Waals surface area contributed by atoms with Crippen molar-refractivity contribution < 1.29 is 9.53 Å². The first-order valence-corrected chi connectivity index (χ1v) is 9.93. The van der Waals surface area contributed by atoms with Crippen LogP contribution in [0.5, 0.6) is 5.75 Å². The van der Waals surface area contributed by atoms with Crippen molar-refractivity contribution in [2.75, 3.05) is 18.9 Å². The Hall–Kier alpha value is -3.86. The third-order valence-corrected chi connectivity index (χ3v) is 5.44. The molecule has 4 aromatic rings. The normalized spacial score (nSPS) is 13.4. The number of hydrogen-bond donors (Lipinski definition) is 1. The zero-order valence-corrected chi connectivity index (χ0v) is 16.4. The molecule has 2 heterocycles. The maximum atomic E-state index is 13.2. The number of pyridine rings is 1. The maximum Gasteiger partial charge on any atom is 0.254 e. The lowest BCUT2D eigenvalue weighted by Crippen LogP contribution is -2.32. The summed E-state index contributed by atoms with van der Waals surface area (Å²) < 4.78 is 5.92. The fraction of sp³-hybridized carbons (Fsp3) is 0.120. The van der Waals surface area contributed by atoms with Gasteiger partial charge in [0.05, 0.1) is 6.54 Å². The van der Waals surface area contributed by atoms with E-state index in [1.165, 1.54) is 0 Å². The highest BCUT2D eigenvalue weighted by molar-refractivity contribution is 5.98. The summed E-state index contributed by atoms with van der Waals surface area (Å²) >= 11 is 0. The number of fused-ring (bicyclic) bond motifs is 2. The van der Waals surface area contributed by atoms with Crippen LogP contribution < -0.4 is 10.5 Å². The number of carbonyl (C=O) groups is 1. The molecule has 0 aliphatic carbocycles. The van der Waals surface area contributed by atoms with Crippen molar-refractivity contribution in [1.29, 1.82) is 0 Å². The zero-order valence-electron chi connectivity index (χ0n) is 16.4. The van der Waals surface area contributed by atoms with E-state index in [1.807, 2.05) is 65.6 Å². The molecule has 0 fully saturated rings. The van der Waals surface area contributed by atoms with Crippen LogP contribution in [0.15, 0.2) is 79.0 Å². The molecular formula is C25H21N3O2. The second kappa shape index (κ2) is 7.52. The molecule has 0 radical (unpaired) electrons. The summed E-state index contributed by atoms with van der Waals surface area (Å²) in [5, 5.41) is 2.19. The monoisotopic (exact) mass is 395 g/mol. The number of benzene rings is 3. The lowest BCUT2D eigenvalue weighted by atomic mass is 10.0. The molecule has 5 heteroatoms. The van der Waals surface area contributed by atoms with Crippen LogP contribution in [0.1, 0.15) is 15.9 Å². The van der Waals surface area contributed by atoms with Gasteiger partial charge in [-0.3, -0.25) is 4.79 Å². The minimum atomic E-state index is 0.0109. The van der Waals surface area contributed by atoms with E-state index in [0.29, 0.717) is 31.1 Å². The Balaban J connectivity index is 1.45. The van der Waals surface area contributed by atoms with Crippen molar-refractivity contribution in [1.82, 2.24) is 9.88 Å². The molecular weight excluding hydrogens is 374 g/mol. The molecule has 3 aromatic carbocycles. The molecule has 1 aliphatic rings. The van der Waals surface area contributed by atoms with Crippen molar-refractivity contribution in [2.45, 2.75) is 6.54 Å². The van der Waals surface area contributed by atoms with Gasteiger partial charge >= 0.3 is 0 Å². The van der Waals surface area contributed by atoms with Gasteiger partial charge in [0.15, 0.2) is 0 Å². The topological polar surface area (TPSA) is 68.5 Å². The SMILES string of the molecule is Nc1ccc(-c2ccc3c(c2)CN(C(=O)c2ccc4ccccc4c2)CCO3)cn1. The van der Waals surface area contributed by atoms with Gasteiger partial charge in [-0.1, -0.05) is 36.4 Å². The fourth-order valence-electron chi connectivity index (χ4n) is 3.83. The van der Waals surface area contributed by atoms with Gasteiger partial charge in [-0.25, -0.2) is 4.98 Å². The van der Waals surface area contributed by atoms with Crippen LogP contribution in [-0.4, -0.2) is 28.9 Å². The third-order valence-electron chi connectivity index (χ3n) is 5.44. The van der Waals surface area contributed by atoms with Gasteiger partial charge < -0.3 is 15.4 Å². The van der Waals surface area contributed by atoms with E-state index in [-0.39, 0.29) is 5.91 Å². The summed E-state index contributed by atoms with van der Waals surface area (Å²) in [5.74, 6) is 1.32. The van der Waals surface area contributed by atoms with E-state index in [9.17, 15) is 4.79 Å². The van der Waals surface area contributed by atoms with Gasteiger partial charge in [0.25, 0.3) is 5.91 Å². The molecule has 1 aromatic heterocycles.